The summed E-state index contributed by atoms with van der Waals surface area (Å²) in [6.45, 7) is 1.49. The molecule has 0 aliphatic heterocycles. The summed E-state index contributed by atoms with van der Waals surface area (Å²) >= 11 is 0. The fourth-order valence-electron chi connectivity index (χ4n) is 0.803. The van der Waals surface area contributed by atoms with Crippen LogP contribution >= 0.6 is 0 Å². The zero-order chi connectivity index (χ0) is 9.30. The number of hydrogen-bond acceptors (Lipinski definition) is 3. The van der Waals surface area contributed by atoms with E-state index in [0.29, 0.717) is 0 Å². The summed E-state index contributed by atoms with van der Waals surface area (Å²) in [7, 11) is 0. The Balaban J connectivity index is 3.23. The zero-order valence-corrected chi connectivity index (χ0v) is 6.38. The molecular formula is C7H8F2N2O. The maximum absolute atomic E-state index is 12.1. The van der Waals surface area contributed by atoms with E-state index in [0.717, 1.165) is 6.07 Å². The Morgan fingerprint density at radius 2 is 2.17 bits per heavy atom. The van der Waals surface area contributed by atoms with Gasteiger partial charge in [-0.3, -0.25) is 0 Å². The molecule has 66 valence electrons. The van der Waals surface area contributed by atoms with Crippen LogP contribution in [0, 0.1) is 6.92 Å². The van der Waals surface area contributed by atoms with Crippen molar-refractivity contribution in [1.29, 1.82) is 0 Å². The summed E-state index contributed by atoms with van der Waals surface area (Å²) in [5, 5.41) is 9.02. The van der Waals surface area contributed by atoms with E-state index in [1.54, 1.807) is 0 Å². The first-order valence-electron chi connectivity index (χ1n) is 3.26. The maximum Gasteiger partial charge on any atom is 0.267 e. The number of hydrogen-bond donors (Lipinski definition) is 2. The molecule has 0 amide bonds. The van der Waals surface area contributed by atoms with Crippen molar-refractivity contribution in [2.24, 2.45) is 0 Å². The minimum atomic E-state index is -2.70. The van der Waals surface area contributed by atoms with Gasteiger partial charge in [0.15, 0.2) is 0 Å². The maximum atomic E-state index is 12.1. The van der Waals surface area contributed by atoms with Crippen LogP contribution in [-0.2, 0) is 0 Å². The van der Waals surface area contributed by atoms with Crippen LogP contribution in [0.15, 0.2) is 6.07 Å². The van der Waals surface area contributed by atoms with Crippen molar-refractivity contribution in [3.05, 3.63) is 17.3 Å². The van der Waals surface area contributed by atoms with Gasteiger partial charge < -0.3 is 10.8 Å². The molecule has 0 aliphatic carbocycles. The molecule has 0 unspecified atom stereocenters. The Hall–Kier alpha value is -1.39. The molecule has 0 aromatic carbocycles. The van der Waals surface area contributed by atoms with Crippen molar-refractivity contribution >= 4 is 5.82 Å². The molecule has 1 aromatic rings. The summed E-state index contributed by atoms with van der Waals surface area (Å²) in [5.41, 5.74) is 5.00. The highest BCUT2D eigenvalue weighted by molar-refractivity contribution is 5.46. The predicted molar refractivity (Wildman–Crippen MR) is 40.0 cm³/mol. The van der Waals surface area contributed by atoms with Crippen LogP contribution in [-0.4, -0.2) is 10.1 Å². The van der Waals surface area contributed by atoms with Crippen LogP contribution in [0.5, 0.6) is 5.75 Å². The Labute approximate surface area is 67.8 Å². The van der Waals surface area contributed by atoms with Crippen LogP contribution in [0.2, 0.25) is 0 Å². The molecule has 5 heteroatoms. The van der Waals surface area contributed by atoms with E-state index < -0.39 is 12.0 Å². The smallest absolute Gasteiger partial charge is 0.267 e. The van der Waals surface area contributed by atoms with Gasteiger partial charge in [0.2, 0.25) is 0 Å². The fourth-order valence-corrected chi connectivity index (χ4v) is 0.803. The number of halogens is 2. The molecule has 0 saturated carbocycles. The first-order valence-corrected chi connectivity index (χ1v) is 3.26. The number of nitrogens with zero attached hydrogens (tertiary/aromatic N) is 1. The molecule has 0 fully saturated rings. The summed E-state index contributed by atoms with van der Waals surface area (Å²) in [4.78, 5) is 3.54. The molecule has 1 rings (SSSR count). The molecule has 3 nitrogen and oxygen atoms in total. The summed E-state index contributed by atoms with van der Waals surface area (Å²) < 4.78 is 24.2. The van der Waals surface area contributed by atoms with Crippen molar-refractivity contribution in [2.45, 2.75) is 13.3 Å². The van der Waals surface area contributed by atoms with E-state index in [4.69, 9.17) is 10.8 Å². The van der Waals surface area contributed by atoms with Crippen molar-refractivity contribution < 1.29 is 13.9 Å². The van der Waals surface area contributed by atoms with Gasteiger partial charge in [0.05, 0.1) is 11.3 Å². The summed E-state index contributed by atoms with van der Waals surface area (Å²) in [6, 6.07) is 0.933. The molecule has 1 aromatic heterocycles. The van der Waals surface area contributed by atoms with Crippen molar-refractivity contribution in [3.63, 3.8) is 0 Å². The van der Waals surface area contributed by atoms with Gasteiger partial charge in [0.25, 0.3) is 6.43 Å². The molecule has 0 spiro atoms. The number of nitrogen functional groups attached to an aromatic ring is 1. The predicted octanol–water partition coefficient (Wildman–Crippen LogP) is 1.62. The van der Waals surface area contributed by atoms with Gasteiger partial charge >= 0.3 is 0 Å². The van der Waals surface area contributed by atoms with Crippen LogP contribution < -0.4 is 5.73 Å². The number of rotatable bonds is 1. The van der Waals surface area contributed by atoms with Gasteiger partial charge in [0.1, 0.15) is 11.6 Å². The highest BCUT2D eigenvalue weighted by Crippen LogP contribution is 2.28. The van der Waals surface area contributed by atoms with E-state index in [9.17, 15) is 8.78 Å². The Bertz CT molecular complexity index is 302. The monoisotopic (exact) mass is 174 g/mol. The highest BCUT2D eigenvalue weighted by Gasteiger charge is 2.14. The lowest BCUT2D eigenvalue weighted by Crippen LogP contribution is -1.99. The van der Waals surface area contributed by atoms with Crippen molar-refractivity contribution in [2.75, 3.05) is 5.73 Å². The molecular weight excluding hydrogens is 166 g/mol. The van der Waals surface area contributed by atoms with Gasteiger partial charge in [-0.1, -0.05) is 0 Å². The second kappa shape index (κ2) is 2.92. The van der Waals surface area contributed by atoms with E-state index in [1.807, 2.05) is 0 Å². The average molecular weight is 174 g/mol. The molecule has 0 radical (unpaired) electrons. The minimum Gasteiger partial charge on any atom is -0.506 e. The normalized spacial score (nSPS) is 10.7. The third kappa shape index (κ3) is 1.44. The first kappa shape index (κ1) is 8.70. The minimum absolute atomic E-state index is 0.236. The largest absolute Gasteiger partial charge is 0.506 e. The zero-order valence-electron chi connectivity index (χ0n) is 6.38. The molecule has 12 heavy (non-hydrogen) atoms. The van der Waals surface area contributed by atoms with Gasteiger partial charge in [-0.15, -0.1) is 0 Å². The van der Waals surface area contributed by atoms with Crippen LogP contribution in [0.3, 0.4) is 0 Å². The van der Waals surface area contributed by atoms with E-state index in [2.05, 4.69) is 4.98 Å². The Morgan fingerprint density at radius 3 is 2.67 bits per heavy atom. The topological polar surface area (TPSA) is 59.1 Å². The third-order valence-corrected chi connectivity index (χ3v) is 1.48. The quantitative estimate of drug-likeness (QED) is 0.680. The van der Waals surface area contributed by atoms with E-state index in [1.165, 1.54) is 6.92 Å². The lowest BCUT2D eigenvalue weighted by Gasteiger charge is -2.05. The summed E-state index contributed by atoms with van der Waals surface area (Å²) in [5.74, 6) is -0.500. The number of aromatic hydroxyl groups is 1. The van der Waals surface area contributed by atoms with Crippen LogP contribution in [0.4, 0.5) is 14.6 Å². The first-order chi connectivity index (χ1) is 5.52. The molecule has 0 aliphatic rings. The molecule has 0 bridgehead atoms. The number of aryl methyl sites for hydroxylation is 1. The number of pyridine rings is 1. The molecule has 3 N–H and O–H groups in total. The number of nitrogens with two attached hydrogens (primary N) is 1. The highest BCUT2D eigenvalue weighted by atomic mass is 19.3. The van der Waals surface area contributed by atoms with Crippen molar-refractivity contribution in [1.82, 2.24) is 4.98 Å². The van der Waals surface area contributed by atoms with Gasteiger partial charge in [-0.25, -0.2) is 13.8 Å². The summed E-state index contributed by atoms with van der Waals surface area (Å²) in [6.07, 6.45) is -2.70. The van der Waals surface area contributed by atoms with Crippen LogP contribution in [0.25, 0.3) is 0 Å². The Morgan fingerprint density at radius 1 is 1.58 bits per heavy atom. The van der Waals surface area contributed by atoms with Crippen molar-refractivity contribution in [3.8, 4) is 5.75 Å². The SMILES string of the molecule is Cc1nc(N)c(C(F)F)cc1O. The fraction of sp³-hybridized carbons (Fsp3) is 0.286. The second-order valence-electron chi connectivity index (χ2n) is 2.37. The number of anilines is 1. The van der Waals surface area contributed by atoms with E-state index >= 15 is 0 Å². The van der Waals surface area contributed by atoms with Gasteiger partial charge in [-0.2, -0.15) is 0 Å². The lowest BCUT2D eigenvalue weighted by atomic mass is 10.2. The lowest BCUT2D eigenvalue weighted by molar-refractivity contribution is 0.151. The molecule has 0 atom stereocenters. The third-order valence-electron chi connectivity index (χ3n) is 1.48. The number of alkyl halides is 2. The van der Waals surface area contributed by atoms with Gasteiger partial charge in [0, 0.05) is 0 Å². The van der Waals surface area contributed by atoms with Crippen LogP contribution in [0.1, 0.15) is 17.7 Å². The Kier molecular flexibility index (Phi) is 2.12. The average Bonchev–Trinajstić information content (AvgIpc) is 1.96. The molecule has 0 saturated heterocycles. The standard InChI is InChI=1S/C7H8F2N2O/c1-3-5(12)2-4(6(8)9)7(10)11-3/h2,6,12H,1H3,(H2,10,11). The van der Waals surface area contributed by atoms with E-state index in [-0.39, 0.29) is 17.3 Å². The molecule has 1 heterocycles. The van der Waals surface area contributed by atoms with Gasteiger partial charge in [-0.05, 0) is 13.0 Å². The second-order valence-corrected chi connectivity index (χ2v) is 2.37. The number of aromatic nitrogens is 1.